The Kier molecular flexibility index (Phi) is 5.37. The van der Waals surface area contributed by atoms with E-state index < -0.39 is 5.97 Å². The molecule has 2 aromatic carbocycles. The highest BCUT2D eigenvalue weighted by atomic mass is 16.6. The van der Waals surface area contributed by atoms with Crippen molar-refractivity contribution < 1.29 is 19.1 Å². The van der Waals surface area contributed by atoms with Gasteiger partial charge in [0.2, 0.25) is 0 Å². The van der Waals surface area contributed by atoms with Gasteiger partial charge in [-0.1, -0.05) is 36.4 Å². The first kappa shape index (κ1) is 18.9. The number of hydrogen-bond donors (Lipinski definition) is 1. The number of nitrogens with zero attached hydrogens (tertiary/aromatic N) is 2. The number of H-pyrrole nitrogens is 1. The number of piperazine rings is 1. The Hall–Kier alpha value is -3.48. The molecule has 150 valence electrons. The van der Waals surface area contributed by atoms with E-state index in [2.05, 4.69) is 9.88 Å². The van der Waals surface area contributed by atoms with Crippen LogP contribution in [-0.4, -0.2) is 55.2 Å². The maximum Gasteiger partial charge on any atom is 0.410 e. The van der Waals surface area contributed by atoms with Gasteiger partial charge < -0.3 is 24.3 Å². The molecule has 1 N–H and O–H groups in total. The van der Waals surface area contributed by atoms with Gasteiger partial charge in [0, 0.05) is 42.8 Å². The highest BCUT2D eigenvalue weighted by molar-refractivity contribution is 6.00. The maximum atomic E-state index is 12.4. The van der Waals surface area contributed by atoms with Crippen molar-refractivity contribution in [1.82, 2.24) is 9.88 Å². The van der Waals surface area contributed by atoms with E-state index in [4.69, 9.17) is 9.47 Å². The second-order valence-electron chi connectivity index (χ2n) is 6.93. The number of nitrogens with one attached hydrogen (secondary N) is 1. The summed E-state index contributed by atoms with van der Waals surface area (Å²) in [6.07, 6.45) is -0.290. The van der Waals surface area contributed by atoms with Crippen LogP contribution in [0.4, 0.5) is 10.5 Å². The maximum absolute atomic E-state index is 12.4. The van der Waals surface area contributed by atoms with Crippen molar-refractivity contribution in [2.45, 2.75) is 6.61 Å². The standard InChI is InChI=1S/C22H23N3O4/c1-28-21(26)19-14-17-18(23-19)8-5-9-20(17)24-10-12-25(13-11-24)22(27)29-15-16-6-3-2-4-7-16/h2-9,14,23H,10-13,15H2,1H3. The van der Waals surface area contributed by atoms with E-state index in [-0.39, 0.29) is 12.7 Å². The zero-order chi connectivity index (χ0) is 20.2. The molecule has 1 aromatic heterocycles. The Bertz CT molecular complexity index is 1010. The predicted octanol–water partition coefficient (Wildman–Crippen LogP) is 3.41. The highest BCUT2D eigenvalue weighted by Crippen LogP contribution is 2.28. The lowest BCUT2D eigenvalue weighted by Gasteiger charge is -2.35. The average molecular weight is 393 g/mol. The number of hydrogen-bond acceptors (Lipinski definition) is 5. The van der Waals surface area contributed by atoms with E-state index in [1.165, 1.54) is 7.11 Å². The molecule has 1 saturated heterocycles. The number of aromatic nitrogens is 1. The number of esters is 1. The van der Waals surface area contributed by atoms with Crippen LogP contribution in [0.15, 0.2) is 54.6 Å². The minimum absolute atomic E-state index is 0.277. The molecule has 0 atom stereocenters. The number of anilines is 1. The zero-order valence-electron chi connectivity index (χ0n) is 16.3. The van der Waals surface area contributed by atoms with Crippen LogP contribution in [0.5, 0.6) is 0 Å². The van der Waals surface area contributed by atoms with Crippen molar-refractivity contribution >= 4 is 28.7 Å². The number of benzene rings is 2. The monoisotopic (exact) mass is 393 g/mol. The minimum Gasteiger partial charge on any atom is -0.464 e. The summed E-state index contributed by atoms with van der Waals surface area (Å²) in [5.41, 5.74) is 3.32. The SMILES string of the molecule is COC(=O)c1cc2c(N3CCN(C(=O)OCc4ccccc4)CC3)cccc2[nH]1. The first-order chi connectivity index (χ1) is 14.2. The molecule has 0 bridgehead atoms. The van der Waals surface area contributed by atoms with Crippen molar-refractivity contribution in [3.8, 4) is 0 Å². The van der Waals surface area contributed by atoms with Gasteiger partial charge in [0.1, 0.15) is 12.3 Å². The van der Waals surface area contributed by atoms with Crippen LogP contribution in [0.3, 0.4) is 0 Å². The van der Waals surface area contributed by atoms with Crippen molar-refractivity contribution in [2.24, 2.45) is 0 Å². The van der Waals surface area contributed by atoms with E-state index in [0.29, 0.717) is 31.9 Å². The Morgan fingerprint density at radius 1 is 1.00 bits per heavy atom. The summed E-state index contributed by atoms with van der Waals surface area (Å²) < 4.78 is 10.2. The first-order valence-electron chi connectivity index (χ1n) is 9.56. The van der Waals surface area contributed by atoms with Gasteiger partial charge in [0.15, 0.2) is 0 Å². The molecule has 1 fully saturated rings. The van der Waals surface area contributed by atoms with Gasteiger partial charge >= 0.3 is 12.1 Å². The topological polar surface area (TPSA) is 74.9 Å². The second-order valence-corrected chi connectivity index (χ2v) is 6.93. The molecule has 0 saturated carbocycles. The van der Waals surface area contributed by atoms with Gasteiger partial charge in [-0.3, -0.25) is 0 Å². The summed E-state index contributed by atoms with van der Waals surface area (Å²) in [7, 11) is 1.37. The number of amides is 1. The molecule has 7 heteroatoms. The number of carbonyl (C=O) groups excluding carboxylic acids is 2. The van der Waals surface area contributed by atoms with Gasteiger partial charge in [-0.15, -0.1) is 0 Å². The molecule has 1 aliphatic heterocycles. The first-order valence-corrected chi connectivity index (χ1v) is 9.56. The number of rotatable bonds is 4. The number of aromatic amines is 1. The summed E-state index contributed by atoms with van der Waals surface area (Å²) in [5.74, 6) is -0.391. The smallest absolute Gasteiger partial charge is 0.410 e. The molecular formula is C22H23N3O4. The van der Waals surface area contributed by atoms with Crippen molar-refractivity contribution in [1.29, 1.82) is 0 Å². The van der Waals surface area contributed by atoms with Gasteiger partial charge in [0.05, 0.1) is 7.11 Å². The Balaban J connectivity index is 1.40. The average Bonchev–Trinajstić information content (AvgIpc) is 3.22. The van der Waals surface area contributed by atoms with Crippen LogP contribution in [0.25, 0.3) is 10.9 Å². The van der Waals surface area contributed by atoms with Crippen LogP contribution in [0, 0.1) is 0 Å². The molecule has 4 rings (SSSR count). The summed E-state index contributed by atoms with van der Waals surface area (Å²) in [6, 6.07) is 17.4. The molecule has 0 unspecified atom stereocenters. The third-order valence-corrected chi connectivity index (χ3v) is 5.13. The zero-order valence-corrected chi connectivity index (χ0v) is 16.3. The van der Waals surface area contributed by atoms with Crippen LogP contribution in [0.2, 0.25) is 0 Å². The lowest BCUT2D eigenvalue weighted by atomic mass is 10.1. The molecule has 7 nitrogen and oxygen atoms in total. The Labute approximate surface area is 168 Å². The molecule has 0 spiro atoms. The van der Waals surface area contributed by atoms with Gasteiger partial charge in [-0.2, -0.15) is 0 Å². The second kappa shape index (κ2) is 8.26. The van der Waals surface area contributed by atoms with E-state index in [1.807, 2.05) is 54.6 Å². The fourth-order valence-electron chi connectivity index (χ4n) is 3.58. The van der Waals surface area contributed by atoms with E-state index in [9.17, 15) is 9.59 Å². The summed E-state index contributed by atoms with van der Waals surface area (Å²) >= 11 is 0. The van der Waals surface area contributed by atoms with E-state index in [0.717, 1.165) is 22.2 Å². The lowest BCUT2D eigenvalue weighted by Crippen LogP contribution is -2.49. The van der Waals surface area contributed by atoms with Crippen LogP contribution >= 0.6 is 0 Å². The van der Waals surface area contributed by atoms with Gasteiger partial charge in [0.25, 0.3) is 0 Å². The third-order valence-electron chi connectivity index (χ3n) is 5.13. The van der Waals surface area contributed by atoms with Crippen LogP contribution in [-0.2, 0) is 16.1 Å². The lowest BCUT2D eigenvalue weighted by molar-refractivity contribution is 0.0595. The molecule has 1 aliphatic rings. The van der Waals surface area contributed by atoms with Crippen LogP contribution in [0.1, 0.15) is 16.1 Å². The van der Waals surface area contributed by atoms with Crippen molar-refractivity contribution in [3.63, 3.8) is 0 Å². The van der Waals surface area contributed by atoms with E-state index in [1.54, 1.807) is 4.90 Å². The predicted molar refractivity (Wildman–Crippen MR) is 110 cm³/mol. The molecule has 2 heterocycles. The largest absolute Gasteiger partial charge is 0.464 e. The third kappa shape index (κ3) is 4.03. The van der Waals surface area contributed by atoms with E-state index >= 15 is 0 Å². The summed E-state index contributed by atoms with van der Waals surface area (Å²) in [6.45, 7) is 2.83. The fourth-order valence-corrected chi connectivity index (χ4v) is 3.58. The normalized spacial score (nSPS) is 14.1. The highest BCUT2D eigenvalue weighted by Gasteiger charge is 2.24. The number of methoxy groups -OCH3 is 1. The molecular weight excluding hydrogens is 370 g/mol. The van der Waals surface area contributed by atoms with Crippen molar-refractivity contribution in [2.75, 3.05) is 38.2 Å². The van der Waals surface area contributed by atoms with Crippen molar-refractivity contribution in [3.05, 3.63) is 65.9 Å². The minimum atomic E-state index is -0.391. The quantitative estimate of drug-likeness (QED) is 0.688. The molecule has 1 amide bonds. The Morgan fingerprint density at radius 2 is 1.76 bits per heavy atom. The molecule has 0 radical (unpaired) electrons. The molecule has 29 heavy (non-hydrogen) atoms. The molecule has 0 aliphatic carbocycles. The Morgan fingerprint density at radius 3 is 2.48 bits per heavy atom. The van der Waals surface area contributed by atoms with Gasteiger partial charge in [-0.05, 0) is 23.8 Å². The fraction of sp³-hybridized carbons (Fsp3) is 0.273. The summed E-state index contributed by atoms with van der Waals surface area (Å²) in [4.78, 5) is 31.2. The molecule has 3 aromatic rings. The number of carbonyl (C=O) groups is 2. The summed E-state index contributed by atoms with van der Waals surface area (Å²) in [5, 5.41) is 0.966. The number of ether oxygens (including phenoxy) is 2. The number of fused-ring (bicyclic) bond motifs is 1. The van der Waals surface area contributed by atoms with Crippen LogP contribution < -0.4 is 4.90 Å². The van der Waals surface area contributed by atoms with Gasteiger partial charge in [-0.25, -0.2) is 9.59 Å².